The van der Waals surface area contributed by atoms with Crippen LogP contribution in [-0.2, 0) is 0 Å². The molecule has 0 saturated carbocycles. The molecule has 0 unspecified atom stereocenters. The Morgan fingerprint density at radius 2 is 1.71 bits per heavy atom. The molecule has 1 atom stereocenters. The van der Waals surface area contributed by atoms with E-state index in [9.17, 15) is 5.11 Å². The molecule has 21 heavy (non-hydrogen) atoms. The Bertz CT molecular complexity index is 593. The van der Waals surface area contributed by atoms with Crippen molar-refractivity contribution in [3.8, 4) is 5.75 Å². The quantitative estimate of drug-likeness (QED) is 0.828. The molecule has 0 aromatic heterocycles. The molecule has 0 amide bonds. The first-order valence-electron chi connectivity index (χ1n) is 7.51. The summed E-state index contributed by atoms with van der Waals surface area (Å²) in [5.41, 5.74) is 0. The van der Waals surface area contributed by atoms with Crippen LogP contribution in [0.1, 0.15) is 13.8 Å². The van der Waals surface area contributed by atoms with E-state index in [2.05, 4.69) is 40.1 Å². The molecular weight excluding hydrogens is 262 g/mol. The zero-order valence-electron chi connectivity index (χ0n) is 13.4. The number of rotatable bonds is 6. The summed E-state index contributed by atoms with van der Waals surface area (Å²) < 4.78 is 6.52. The Balaban J connectivity index is 1.95. The van der Waals surface area contributed by atoms with Crippen molar-refractivity contribution in [2.24, 2.45) is 0 Å². The Morgan fingerprint density at radius 1 is 1.05 bits per heavy atom. The zero-order chi connectivity index (χ0) is 15.5. The van der Waals surface area contributed by atoms with Gasteiger partial charge < -0.3 is 14.3 Å². The van der Waals surface area contributed by atoms with Gasteiger partial charge in [-0.1, -0.05) is 30.3 Å². The van der Waals surface area contributed by atoms with Crippen LogP contribution in [0, 0.1) is 0 Å². The highest BCUT2D eigenvalue weighted by Crippen LogP contribution is 2.20. The van der Waals surface area contributed by atoms with Crippen LogP contribution in [0.25, 0.3) is 10.8 Å². The SMILES string of the molecule is CC(C)[N+](C)(C)C[C@H](O)COc1ccc2ccccc2c1. The van der Waals surface area contributed by atoms with E-state index in [0.29, 0.717) is 19.2 Å². The van der Waals surface area contributed by atoms with Crippen molar-refractivity contribution >= 4 is 10.8 Å². The van der Waals surface area contributed by atoms with E-state index < -0.39 is 6.10 Å². The smallest absolute Gasteiger partial charge is 0.137 e. The summed E-state index contributed by atoms with van der Waals surface area (Å²) >= 11 is 0. The molecule has 0 aliphatic heterocycles. The normalized spacial score (nSPS) is 13.6. The number of aliphatic hydroxyl groups is 1. The van der Waals surface area contributed by atoms with Crippen molar-refractivity contribution in [2.45, 2.75) is 26.0 Å². The van der Waals surface area contributed by atoms with Gasteiger partial charge in [0.15, 0.2) is 0 Å². The molecule has 0 radical (unpaired) electrons. The van der Waals surface area contributed by atoms with Crippen LogP contribution < -0.4 is 4.74 Å². The molecule has 0 saturated heterocycles. The van der Waals surface area contributed by atoms with Gasteiger partial charge in [0.25, 0.3) is 0 Å². The lowest BCUT2D eigenvalue weighted by Crippen LogP contribution is -2.51. The van der Waals surface area contributed by atoms with Crippen molar-refractivity contribution in [1.29, 1.82) is 0 Å². The Hall–Kier alpha value is -1.58. The summed E-state index contributed by atoms with van der Waals surface area (Å²) in [6, 6.07) is 14.7. The molecule has 3 heteroatoms. The first-order chi connectivity index (χ1) is 9.88. The molecule has 0 fully saturated rings. The Kier molecular flexibility index (Phi) is 4.86. The van der Waals surface area contributed by atoms with Crippen LogP contribution >= 0.6 is 0 Å². The van der Waals surface area contributed by atoms with E-state index in [1.807, 2.05) is 30.3 Å². The van der Waals surface area contributed by atoms with Crippen molar-refractivity contribution in [3.63, 3.8) is 0 Å². The number of hydrogen-bond acceptors (Lipinski definition) is 2. The third-order valence-corrected chi connectivity index (χ3v) is 4.24. The van der Waals surface area contributed by atoms with Crippen LogP contribution in [-0.4, -0.2) is 49.0 Å². The lowest BCUT2D eigenvalue weighted by molar-refractivity contribution is -0.914. The summed E-state index contributed by atoms with van der Waals surface area (Å²) in [5, 5.41) is 12.5. The van der Waals surface area contributed by atoms with Crippen LogP contribution in [0.15, 0.2) is 42.5 Å². The van der Waals surface area contributed by atoms with E-state index in [0.717, 1.165) is 15.6 Å². The fourth-order valence-electron chi connectivity index (χ4n) is 2.26. The minimum atomic E-state index is -0.464. The first kappa shape index (κ1) is 15.8. The summed E-state index contributed by atoms with van der Waals surface area (Å²) in [7, 11) is 4.26. The second-order valence-electron chi connectivity index (χ2n) is 6.53. The van der Waals surface area contributed by atoms with Crippen LogP contribution in [0.5, 0.6) is 5.75 Å². The summed E-state index contributed by atoms with van der Waals surface area (Å²) in [6.45, 7) is 5.34. The van der Waals surface area contributed by atoms with Crippen LogP contribution in [0.3, 0.4) is 0 Å². The molecule has 1 N–H and O–H groups in total. The number of ether oxygens (including phenoxy) is 1. The monoisotopic (exact) mass is 288 g/mol. The molecule has 0 aliphatic rings. The number of hydrogen-bond donors (Lipinski definition) is 1. The summed E-state index contributed by atoms with van der Waals surface area (Å²) in [5.74, 6) is 0.808. The molecular formula is C18H26NO2+. The number of nitrogens with zero attached hydrogens (tertiary/aromatic N) is 1. The zero-order valence-corrected chi connectivity index (χ0v) is 13.4. The topological polar surface area (TPSA) is 29.5 Å². The minimum absolute atomic E-state index is 0.326. The second-order valence-corrected chi connectivity index (χ2v) is 6.53. The summed E-state index contributed by atoms with van der Waals surface area (Å²) in [4.78, 5) is 0. The van der Waals surface area contributed by atoms with E-state index >= 15 is 0 Å². The maximum absolute atomic E-state index is 10.2. The number of quaternary nitrogens is 1. The van der Waals surface area contributed by atoms with Gasteiger partial charge in [-0.2, -0.15) is 0 Å². The van der Waals surface area contributed by atoms with Crippen molar-refractivity contribution in [2.75, 3.05) is 27.2 Å². The van der Waals surface area contributed by atoms with Crippen molar-refractivity contribution in [3.05, 3.63) is 42.5 Å². The first-order valence-corrected chi connectivity index (χ1v) is 7.51. The molecule has 0 heterocycles. The molecule has 0 spiro atoms. The lowest BCUT2D eigenvalue weighted by Gasteiger charge is -2.35. The van der Waals surface area contributed by atoms with Gasteiger partial charge in [0.2, 0.25) is 0 Å². The molecule has 2 rings (SSSR count). The van der Waals surface area contributed by atoms with Crippen molar-refractivity contribution in [1.82, 2.24) is 0 Å². The van der Waals surface area contributed by atoms with Crippen molar-refractivity contribution < 1.29 is 14.3 Å². The number of aliphatic hydroxyl groups excluding tert-OH is 1. The maximum atomic E-state index is 10.2. The van der Waals surface area contributed by atoms with Gasteiger partial charge in [0.1, 0.15) is 25.0 Å². The number of fused-ring (bicyclic) bond motifs is 1. The van der Waals surface area contributed by atoms with Gasteiger partial charge in [-0.15, -0.1) is 0 Å². The second kappa shape index (κ2) is 6.46. The molecule has 3 nitrogen and oxygen atoms in total. The molecule has 2 aromatic rings. The lowest BCUT2D eigenvalue weighted by atomic mass is 10.1. The van der Waals surface area contributed by atoms with Crippen LogP contribution in [0.4, 0.5) is 0 Å². The van der Waals surface area contributed by atoms with E-state index in [-0.39, 0.29) is 0 Å². The third kappa shape index (κ3) is 4.19. The molecule has 114 valence electrons. The van der Waals surface area contributed by atoms with Gasteiger partial charge in [0, 0.05) is 0 Å². The Morgan fingerprint density at radius 3 is 2.38 bits per heavy atom. The highest BCUT2D eigenvalue weighted by molar-refractivity contribution is 5.83. The number of likely N-dealkylation sites (N-methyl/N-ethyl adjacent to an activating group) is 1. The average molecular weight is 288 g/mol. The summed E-state index contributed by atoms with van der Waals surface area (Å²) in [6.07, 6.45) is -0.464. The predicted molar refractivity (Wildman–Crippen MR) is 87.6 cm³/mol. The Labute approximate surface area is 127 Å². The van der Waals surface area contributed by atoms with Gasteiger partial charge in [-0.3, -0.25) is 0 Å². The molecule has 0 bridgehead atoms. The highest BCUT2D eigenvalue weighted by atomic mass is 16.5. The highest BCUT2D eigenvalue weighted by Gasteiger charge is 2.24. The molecule has 2 aromatic carbocycles. The third-order valence-electron chi connectivity index (χ3n) is 4.24. The average Bonchev–Trinajstić information content (AvgIpc) is 2.44. The minimum Gasteiger partial charge on any atom is -0.491 e. The predicted octanol–water partition coefficient (Wildman–Crippen LogP) is 3.06. The maximum Gasteiger partial charge on any atom is 0.137 e. The largest absolute Gasteiger partial charge is 0.491 e. The number of benzene rings is 2. The van der Waals surface area contributed by atoms with Gasteiger partial charge in [-0.05, 0) is 36.8 Å². The van der Waals surface area contributed by atoms with E-state index in [1.54, 1.807) is 0 Å². The van der Waals surface area contributed by atoms with E-state index in [1.165, 1.54) is 5.39 Å². The van der Waals surface area contributed by atoms with E-state index in [4.69, 9.17) is 4.74 Å². The van der Waals surface area contributed by atoms with Gasteiger partial charge >= 0.3 is 0 Å². The molecule has 0 aliphatic carbocycles. The standard InChI is InChI=1S/C18H26NO2/c1-14(2)19(3,4)12-17(20)13-21-18-10-9-15-7-5-6-8-16(15)11-18/h5-11,14,17,20H,12-13H2,1-4H3/q+1/t17-/m0/s1. The van der Waals surface area contributed by atoms with Gasteiger partial charge in [-0.25, -0.2) is 0 Å². The van der Waals surface area contributed by atoms with Gasteiger partial charge in [0.05, 0.1) is 20.1 Å². The van der Waals surface area contributed by atoms with Crippen LogP contribution in [0.2, 0.25) is 0 Å². The fraction of sp³-hybridized carbons (Fsp3) is 0.444. The fourth-order valence-corrected chi connectivity index (χ4v) is 2.26.